The van der Waals surface area contributed by atoms with Crippen LogP contribution in [0.25, 0.3) is 0 Å². The zero-order chi connectivity index (χ0) is 23.4. The molecule has 3 aromatic carbocycles. The summed E-state index contributed by atoms with van der Waals surface area (Å²) >= 11 is 7.17. The van der Waals surface area contributed by atoms with Crippen LogP contribution in [-0.2, 0) is 16.1 Å². The average molecular weight is 486 g/mol. The fourth-order valence-corrected chi connectivity index (χ4v) is 4.48. The maximum absolute atomic E-state index is 14.0. The van der Waals surface area contributed by atoms with Crippen LogP contribution in [0, 0.1) is 11.6 Å². The van der Waals surface area contributed by atoms with Crippen LogP contribution in [0.4, 0.5) is 20.2 Å². The third kappa shape index (κ3) is 5.77. The van der Waals surface area contributed by atoms with Crippen molar-refractivity contribution in [3.05, 3.63) is 95.0 Å². The normalized spacial score (nSPS) is 17.3. The first kappa shape index (κ1) is 22.9. The molecule has 1 atom stereocenters. The highest BCUT2D eigenvalue weighted by atomic mass is 35.5. The number of amides is 2. The Morgan fingerprint density at radius 2 is 1.85 bits per heavy atom. The maximum atomic E-state index is 14.0. The number of hydrogen-bond acceptors (Lipinski definition) is 4. The molecule has 0 spiro atoms. The summed E-state index contributed by atoms with van der Waals surface area (Å²) in [5.41, 5.74) is 1.26. The van der Waals surface area contributed by atoms with Gasteiger partial charge in [-0.15, -0.1) is 0 Å². The zero-order valence-corrected chi connectivity index (χ0v) is 18.7. The number of benzene rings is 3. The lowest BCUT2D eigenvalue weighted by molar-refractivity contribution is -0.129. The number of aliphatic imine (C=N–C) groups is 1. The van der Waals surface area contributed by atoms with Gasteiger partial charge in [0.2, 0.25) is 11.8 Å². The third-order valence-corrected chi connectivity index (χ3v) is 6.27. The molecule has 0 radical (unpaired) electrons. The van der Waals surface area contributed by atoms with Crippen LogP contribution in [0.2, 0.25) is 5.02 Å². The van der Waals surface area contributed by atoms with Crippen LogP contribution in [0.3, 0.4) is 0 Å². The second kappa shape index (κ2) is 10.1. The van der Waals surface area contributed by atoms with Gasteiger partial charge in [-0.25, -0.2) is 13.8 Å². The van der Waals surface area contributed by atoms with Crippen LogP contribution in [0.1, 0.15) is 12.0 Å². The molecule has 1 aliphatic rings. The summed E-state index contributed by atoms with van der Waals surface area (Å²) in [5.74, 6) is -1.77. The Bertz CT molecular complexity index is 1220. The van der Waals surface area contributed by atoms with E-state index in [1.54, 1.807) is 42.5 Å². The van der Waals surface area contributed by atoms with Crippen molar-refractivity contribution in [3.63, 3.8) is 0 Å². The summed E-state index contributed by atoms with van der Waals surface area (Å²) in [5, 5.41) is 2.51. The van der Waals surface area contributed by atoms with Crippen molar-refractivity contribution in [2.24, 2.45) is 4.99 Å². The van der Waals surface area contributed by atoms with Gasteiger partial charge in [0.25, 0.3) is 0 Å². The number of carbonyl (C=O) groups is 2. The summed E-state index contributed by atoms with van der Waals surface area (Å²) in [7, 11) is 0. The van der Waals surface area contributed by atoms with E-state index in [1.165, 1.54) is 35.2 Å². The lowest BCUT2D eigenvalue weighted by Crippen LogP contribution is -2.44. The van der Waals surface area contributed by atoms with Gasteiger partial charge in [-0.3, -0.25) is 14.5 Å². The number of para-hydroxylation sites is 1. The number of hydrogen-bond donors (Lipinski definition) is 1. The van der Waals surface area contributed by atoms with Crippen molar-refractivity contribution in [2.75, 3.05) is 5.32 Å². The van der Waals surface area contributed by atoms with Gasteiger partial charge in [-0.05, 0) is 48.0 Å². The molecular formula is C24H18ClF2N3O2S. The highest BCUT2D eigenvalue weighted by Crippen LogP contribution is 2.31. The molecule has 0 bridgehead atoms. The summed E-state index contributed by atoms with van der Waals surface area (Å²) in [6, 6.07) is 18.4. The van der Waals surface area contributed by atoms with E-state index in [1.807, 2.05) is 0 Å². The first-order valence-electron chi connectivity index (χ1n) is 10.00. The Morgan fingerprint density at radius 3 is 2.58 bits per heavy atom. The van der Waals surface area contributed by atoms with Gasteiger partial charge in [0, 0.05) is 11.4 Å². The maximum Gasteiger partial charge on any atom is 0.238 e. The van der Waals surface area contributed by atoms with Gasteiger partial charge in [0.15, 0.2) is 5.17 Å². The van der Waals surface area contributed by atoms with Gasteiger partial charge >= 0.3 is 0 Å². The molecule has 1 N–H and O–H groups in total. The molecule has 1 heterocycles. The van der Waals surface area contributed by atoms with E-state index in [9.17, 15) is 18.4 Å². The van der Waals surface area contributed by atoms with Crippen molar-refractivity contribution in [1.29, 1.82) is 0 Å². The Hall–Kier alpha value is -3.23. The van der Waals surface area contributed by atoms with Crippen molar-refractivity contribution in [3.8, 4) is 0 Å². The minimum atomic E-state index is -0.806. The molecule has 1 unspecified atom stereocenters. The van der Waals surface area contributed by atoms with Crippen LogP contribution < -0.4 is 5.32 Å². The standard InChI is InChI=1S/C24H18ClF2N3O2S/c25-16-4-3-5-18(12-16)28-24-30(14-15-8-10-17(26)11-9-15)22(31)13-21(33-24)23(32)29-20-7-2-1-6-19(20)27/h1-12,21H,13-14H2,(H,29,32). The highest BCUT2D eigenvalue weighted by Gasteiger charge is 2.36. The predicted molar refractivity (Wildman–Crippen MR) is 127 cm³/mol. The van der Waals surface area contributed by atoms with Gasteiger partial charge in [-0.1, -0.05) is 53.7 Å². The number of rotatable bonds is 5. The van der Waals surface area contributed by atoms with E-state index >= 15 is 0 Å². The van der Waals surface area contributed by atoms with E-state index in [-0.39, 0.29) is 30.4 Å². The molecule has 5 nitrogen and oxygen atoms in total. The van der Waals surface area contributed by atoms with Crippen molar-refractivity contribution < 1.29 is 18.4 Å². The second-order valence-electron chi connectivity index (χ2n) is 7.26. The van der Waals surface area contributed by atoms with Crippen molar-refractivity contribution >= 4 is 51.7 Å². The molecule has 0 saturated carbocycles. The van der Waals surface area contributed by atoms with E-state index in [2.05, 4.69) is 10.3 Å². The summed E-state index contributed by atoms with van der Waals surface area (Å²) in [6.45, 7) is 0.160. The highest BCUT2D eigenvalue weighted by molar-refractivity contribution is 8.15. The second-order valence-corrected chi connectivity index (χ2v) is 8.87. The fraction of sp³-hybridized carbons (Fsp3) is 0.125. The smallest absolute Gasteiger partial charge is 0.238 e. The summed E-state index contributed by atoms with van der Waals surface area (Å²) in [6.07, 6.45) is -0.0965. The number of nitrogens with one attached hydrogen (secondary N) is 1. The molecule has 1 fully saturated rings. The van der Waals surface area contributed by atoms with Gasteiger partial charge in [0.1, 0.15) is 16.9 Å². The molecule has 4 rings (SSSR count). The van der Waals surface area contributed by atoms with E-state index in [4.69, 9.17) is 11.6 Å². The van der Waals surface area contributed by atoms with Crippen LogP contribution in [0.5, 0.6) is 0 Å². The molecule has 33 heavy (non-hydrogen) atoms. The molecule has 9 heteroatoms. The Morgan fingerprint density at radius 1 is 1.09 bits per heavy atom. The Labute approximate surface area is 198 Å². The average Bonchev–Trinajstić information content (AvgIpc) is 2.79. The first-order chi connectivity index (χ1) is 15.9. The SMILES string of the molecule is O=C(Nc1ccccc1F)C1CC(=O)N(Cc2ccc(F)cc2)C(=Nc2cccc(Cl)c2)S1. The minimum absolute atomic E-state index is 0.0395. The molecule has 1 saturated heterocycles. The summed E-state index contributed by atoms with van der Waals surface area (Å²) in [4.78, 5) is 31.9. The van der Waals surface area contributed by atoms with Crippen LogP contribution >= 0.6 is 23.4 Å². The molecule has 2 amide bonds. The summed E-state index contributed by atoms with van der Waals surface area (Å²) < 4.78 is 27.3. The molecule has 0 aliphatic carbocycles. The van der Waals surface area contributed by atoms with E-state index in [0.717, 1.165) is 11.8 Å². The molecule has 168 valence electrons. The van der Waals surface area contributed by atoms with Gasteiger partial charge in [-0.2, -0.15) is 0 Å². The number of carbonyl (C=O) groups excluding carboxylic acids is 2. The van der Waals surface area contributed by atoms with Crippen molar-refractivity contribution in [2.45, 2.75) is 18.2 Å². The topological polar surface area (TPSA) is 61.8 Å². The van der Waals surface area contributed by atoms with E-state index in [0.29, 0.717) is 21.4 Å². The Kier molecular flexibility index (Phi) is 7.05. The monoisotopic (exact) mass is 485 g/mol. The minimum Gasteiger partial charge on any atom is -0.323 e. The van der Waals surface area contributed by atoms with Crippen LogP contribution in [-0.4, -0.2) is 27.1 Å². The lowest BCUT2D eigenvalue weighted by Gasteiger charge is -2.32. The number of anilines is 1. The Balaban J connectivity index is 1.61. The molecule has 3 aromatic rings. The largest absolute Gasteiger partial charge is 0.323 e. The van der Waals surface area contributed by atoms with Crippen molar-refractivity contribution in [1.82, 2.24) is 4.90 Å². The molecular weight excluding hydrogens is 468 g/mol. The number of thioether (sulfide) groups is 1. The fourth-order valence-electron chi connectivity index (χ4n) is 3.20. The third-order valence-electron chi connectivity index (χ3n) is 4.85. The number of amidine groups is 1. The van der Waals surface area contributed by atoms with Gasteiger partial charge in [0.05, 0.1) is 17.9 Å². The molecule has 1 aliphatic heterocycles. The van der Waals surface area contributed by atoms with Gasteiger partial charge < -0.3 is 5.32 Å². The van der Waals surface area contributed by atoms with Crippen LogP contribution in [0.15, 0.2) is 77.8 Å². The number of nitrogens with zero attached hydrogens (tertiary/aromatic N) is 2. The predicted octanol–water partition coefficient (Wildman–Crippen LogP) is 5.78. The zero-order valence-electron chi connectivity index (χ0n) is 17.2. The quantitative estimate of drug-likeness (QED) is 0.498. The number of halogens is 3. The molecule has 0 aromatic heterocycles. The first-order valence-corrected chi connectivity index (χ1v) is 11.3. The van der Waals surface area contributed by atoms with E-state index < -0.39 is 17.0 Å². The lowest BCUT2D eigenvalue weighted by atomic mass is 10.2.